The van der Waals surface area contributed by atoms with Crippen LogP contribution in [0.1, 0.15) is 31.8 Å². The van der Waals surface area contributed by atoms with Gasteiger partial charge in [0.2, 0.25) is 0 Å². The third-order valence-corrected chi connectivity index (χ3v) is 4.28. The van der Waals surface area contributed by atoms with Gasteiger partial charge in [0.15, 0.2) is 0 Å². The standard InChI is InChI=1S/C18H13BrN2O3/c19-14-6-5-12(13(9-14)10-20)11-24-8-7-21-17(22)15-3-1-2-4-16(15)18(21)23/h1-6,9H,7-8,11H2. The molecule has 0 bridgehead atoms. The van der Waals surface area contributed by atoms with Crippen LogP contribution in [0.2, 0.25) is 0 Å². The molecule has 0 N–H and O–H groups in total. The van der Waals surface area contributed by atoms with Crippen molar-refractivity contribution >= 4 is 27.7 Å². The Labute approximate surface area is 147 Å². The summed E-state index contributed by atoms with van der Waals surface area (Å²) in [6.07, 6.45) is 0. The molecular formula is C18H13BrN2O3. The molecule has 24 heavy (non-hydrogen) atoms. The van der Waals surface area contributed by atoms with Crippen LogP contribution in [0.4, 0.5) is 0 Å². The van der Waals surface area contributed by atoms with Crippen molar-refractivity contribution in [2.75, 3.05) is 13.2 Å². The Hall–Kier alpha value is -2.49. The molecule has 2 aromatic carbocycles. The van der Waals surface area contributed by atoms with Crippen LogP contribution in [0.25, 0.3) is 0 Å². The minimum absolute atomic E-state index is 0.185. The molecule has 6 heteroatoms. The van der Waals surface area contributed by atoms with Crippen molar-refractivity contribution in [3.8, 4) is 6.07 Å². The van der Waals surface area contributed by atoms with Gasteiger partial charge in [-0.05, 0) is 29.8 Å². The first kappa shape index (κ1) is 16.4. The molecule has 1 aliphatic heterocycles. The monoisotopic (exact) mass is 384 g/mol. The van der Waals surface area contributed by atoms with E-state index in [0.717, 1.165) is 10.0 Å². The lowest BCUT2D eigenvalue weighted by atomic mass is 10.1. The second kappa shape index (κ2) is 6.95. The van der Waals surface area contributed by atoms with Gasteiger partial charge < -0.3 is 4.74 Å². The van der Waals surface area contributed by atoms with E-state index in [4.69, 9.17) is 10.00 Å². The third-order valence-electron chi connectivity index (χ3n) is 3.79. The Morgan fingerprint density at radius 2 is 1.75 bits per heavy atom. The van der Waals surface area contributed by atoms with Crippen molar-refractivity contribution in [1.82, 2.24) is 4.90 Å². The Balaban J connectivity index is 1.58. The molecule has 1 heterocycles. The molecule has 120 valence electrons. The zero-order chi connectivity index (χ0) is 17.1. The van der Waals surface area contributed by atoms with Crippen LogP contribution in [-0.2, 0) is 11.3 Å². The summed E-state index contributed by atoms with van der Waals surface area (Å²) < 4.78 is 6.37. The Morgan fingerprint density at radius 3 is 2.38 bits per heavy atom. The van der Waals surface area contributed by atoms with E-state index in [0.29, 0.717) is 16.7 Å². The van der Waals surface area contributed by atoms with Crippen LogP contribution in [0, 0.1) is 11.3 Å². The quantitative estimate of drug-likeness (QED) is 0.586. The largest absolute Gasteiger partial charge is 0.375 e. The number of hydrogen-bond donors (Lipinski definition) is 0. The number of rotatable bonds is 5. The molecule has 3 rings (SSSR count). The van der Waals surface area contributed by atoms with Gasteiger partial charge in [-0.1, -0.05) is 34.1 Å². The Kier molecular flexibility index (Phi) is 4.74. The van der Waals surface area contributed by atoms with E-state index in [2.05, 4.69) is 22.0 Å². The van der Waals surface area contributed by atoms with Crippen molar-refractivity contribution in [2.45, 2.75) is 6.61 Å². The van der Waals surface area contributed by atoms with Crippen LogP contribution in [-0.4, -0.2) is 29.9 Å². The van der Waals surface area contributed by atoms with Gasteiger partial charge in [0.25, 0.3) is 11.8 Å². The average Bonchev–Trinajstić information content (AvgIpc) is 2.84. The predicted octanol–water partition coefficient (Wildman–Crippen LogP) is 3.13. The van der Waals surface area contributed by atoms with Gasteiger partial charge in [-0.3, -0.25) is 14.5 Å². The lowest BCUT2D eigenvalue weighted by molar-refractivity contribution is 0.0545. The summed E-state index contributed by atoms with van der Waals surface area (Å²) in [6.45, 7) is 0.649. The molecule has 5 nitrogen and oxygen atoms in total. The molecule has 0 saturated carbocycles. The van der Waals surface area contributed by atoms with Gasteiger partial charge in [0.05, 0.1) is 42.5 Å². The molecule has 0 saturated heterocycles. The molecule has 2 amide bonds. The molecule has 0 radical (unpaired) electrons. The van der Waals surface area contributed by atoms with Crippen LogP contribution in [0.5, 0.6) is 0 Å². The maximum atomic E-state index is 12.2. The van der Waals surface area contributed by atoms with E-state index in [1.165, 1.54) is 4.90 Å². The number of fused-ring (bicyclic) bond motifs is 1. The molecule has 0 spiro atoms. The number of benzene rings is 2. The van der Waals surface area contributed by atoms with Crippen LogP contribution < -0.4 is 0 Å². The fraction of sp³-hybridized carbons (Fsp3) is 0.167. The second-order valence-corrected chi connectivity index (χ2v) is 6.19. The fourth-order valence-corrected chi connectivity index (χ4v) is 2.92. The molecule has 1 aliphatic rings. The topological polar surface area (TPSA) is 70.4 Å². The van der Waals surface area contributed by atoms with Crippen LogP contribution >= 0.6 is 15.9 Å². The zero-order valence-corrected chi connectivity index (χ0v) is 14.2. The summed E-state index contributed by atoms with van der Waals surface area (Å²) in [5, 5.41) is 9.12. The first-order valence-electron chi connectivity index (χ1n) is 7.33. The summed E-state index contributed by atoms with van der Waals surface area (Å²) in [5.74, 6) is -0.582. The maximum absolute atomic E-state index is 12.2. The molecule has 0 aromatic heterocycles. The first-order chi connectivity index (χ1) is 11.6. The van der Waals surface area contributed by atoms with Gasteiger partial charge in [-0.2, -0.15) is 5.26 Å². The Bertz CT molecular complexity index is 823. The highest BCUT2D eigenvalue weighted by Crippen LogP contribution is 2.22. The smallest absolute Gasteiger partial charge is 0.261 e. The van der Waals surface area contributed by atoms with E-state index >= 15 is 0 Å². The van der Waals surface area contributed by atoms with Gasteiger partial charge >= 0.3 is 0 Å². The number of hydrogen-bond acceptors (Lipinski definition) is 4. The number of nitrogens with zero attached hydrogens (tertiary/aromatic N) is 2. The van der Waals surface area contributed by atoms with Crippen LogP contribution in [0.15, 0.2) is 46.9 Å². The summed E-state index contributed by atoms with van der Waals surface area (Å²) in [4.78, 5) is 25.6. The van der Waals surface area contributed by atoms with Crippen molar-refractivity contribution in [2.24, 2.45) is 0 Å². The lowest BCUT2D eigenvalue weighted by Crippen LogP contribution is -2.33. The number of imide groups is 1. The number of carbonyl (C=O) groups excluding carboxylic acids is 2. The third kappa shape index (κ3) is 3.09. The SMILES string of the molecule is N#Cc1cc(Br)ccc1COCCN1C(=O)c2ccccc2C1=O. The molecule has 0 atom stereocenters. The van der Waals surface area contributed by atoms with E-state index < -0.39 is 0 Å². The summed E-state index contributed by atoms with van der Waals surface area (Å²) in [7, 11) is 0. The number of amides is 2. The minimum atomic E-state index is -0.291. The van der Waals surface area contributed by atoms with Gasteiger partial charge in [-0.15, -0.1) is 0 Å². The molecule has 2 aromatic rings. The second-order valence-electron chi connectivity index (χ2n) is 5.27. The molecular weight excluding hydrogens is 372 g/mol. The maximum Gasteiger partial charge on any atom is 0.261 e. The fourth-order valence-electron chi connectivity index (χ4n) is 2.56. The van der Waals surface area contributed by atoms with Gasteiger partial charge in [0, 0.05) is 4.47 Å². The van der Waals surface area contributed by atoms with Crippen molar-refractivity contribution in [1.29, 1.82) is 5.26 Å². The number of carbonyl (C=O) groups is 2. The number of nitriles is 1. The summed E-state index contributed by atoms with van der Waals surface area (Å²) in [6, 6.07) is 14.3. The first-order valence-corrected chi connectivity index (χ1v) is 8.12. The molecule has 0 fully saturated rings. The number of halogens is 1. The highest BCUT2D eigenvalue weighted by atomic mass is 79.9. The van der Waals surface area contributed by atoms with E-state index in [9.17, 15) is 9.59 Å². The molecule has 0 unspecified atom stereocenters. The highest BCUT2D eigenvalue weighted by Gasteiger charge is 2.34. The van der Waals surface area contributed by atoms with Gasteiger partial charge in [-0.25, -0.2) is 0 Å². The average molecular weight is 385 g/mol. The zero-order valence-electron chi connectivity index (χ0n) is 12.7. The van der Waals surface area contributed by atoms with Crippen molar-refractivity contribution < 1.29 is 14.3 Å². The predicted molar refractivity (Wildman–Crippen MR) is 90.3 cm³/mol. The summed E-state index contributed by atoms with van der Waals surface area (Å²) >= 11 is 3.32. The molecule has 0 aliphatic carbocycles. The highest BCUT2D eigenvalue weighted by molar-refractivity contribution is 9.10. The van der Waals surface area contributed by atoms with Gasteiger partial charge in [0.1, 0.15) is 0 Å². The lowest BCUT2D eigenvalue weighted by Gasteiger charge is -2.14. The number of ether oxygens (including phenoxy) is 1. The Morgan fingerprint density at radius 1 is 1.08 bits per heavy atom. The van der Waals surface area contributed by atoms with E-state index in [-0.39, 0.29) is 31.6 Å². The van der Waals surface area contributed by atoms with E-state index in [1.807, 2.05) is 12.1 Å². The summed E-state index contributed by atoms with van der Waals surface area (Å²) in [5.41, 5.74) is 2.16. The minimum Gasteiger partial charge on any atom is -0.375 e. The van der Waals surface area contributed by atoms with Crippen molar-refractivity contribution in [3.63, 3.8) is 0 Å². The van der Waals surface area contributed by atoms with Crippen molar-refractivity contribution in [3.05, 3.63) is 69.2 Å². The normalized spacial score (nSPS) is 13.1. The van der Waals surface area contributed by atoms with Crippen LogP contribution in [0.3, 0.4) is 0 Å². The van der Waals surface area contributed by atoms with E-state index in [1.54, 1.807) is 30.3 Å².